The lowest BCUT2D eigenvalue weighted by Crippen LogP contribution is -2.27. The van der Waals surface area contributed by atoms with E-state index in [4.69, 9.17) is 0 Å². The Hall–Kier alpha value is -0.450. The zero-order valence-corrected chi connectivity index (χ0v) is 12.3. The second-order valence-electron chi connectivity index (χ2n) is 4.82. The van der Waals surface area contributed by atoms with Crippen molar-refractivity contribution in [1.82, 2.24) is 15.2 Å². The van der Waals surface area contributed by atoms with Crippen molar-refractivity contribution in [3.63, 3.8) is 0 Å². The summed E-state index contributed by atoms with van der Waals surface area (Å²) in [6, 6.07) is 0.654. The lowest BCUT2D eigenvalue weighted by atomic mass is 10.2. The third-order valence-electron chi connectivity index (χ3n) is 2.97. The molecule has 4 heteroatoms. The van der Waals surface area contributed by atoms with E-state index in [-0.39, 0.29) is 0 Å². The van der Waals surface area contributed by atoms with E-state index in [0.717, 1.165) is 18.1 Å². The van der Waals surface area contributed by atoms with Crippen LogP contribution in [-0.4, -0.2) is 36.1 Å². The van der Waals surface area contributed by atoms with E-state index in [1.165, 1.54) is 25.1 Å². The Bertz CT molecular complexity index is 309. The Kier molecular flexibility index (Phi) is 6.70. The van der Waals surface area contributed by atoms with Crippen LogP contribution in [0.15, 0.2) is 5.38 Å². The number of rotatable bonds is 8. The molecule has 0 fully saturated rings. The second kappa shape index (κ2) is 7.80. The molecular weight excluding hydrogens is 230 g/mol. The summed E-state index contributed by atoms with van der Waals surface area (Å²) in [5.74, 6) is 0. The zero-order chi connectivity index (χ0) is 12.7. The molecule has 0 amide bonds. The topological polar surface area (TPSA) is 28.2 Å². The number of unbranched alkanes of at least 4 members (excludes halogenated alkanes) is 1. The first-order chi connectivity index (χ1) is 8.09. The molecule has 17 heavy (non-hydrogen) atoms. The molecule has 0 aromatic carbocycles. The van der Waals surface area contributed by atoms with Gasteiger partial charge in [0.1, 0.15) is 0 Å². The van der Waals surface area contributed by atoms with Crippen LogP contribution < -0.4 is 5.32 Å². The molecule has 0 atom stereocenters. The first kappa shape index (κ1) is 14.6. The van der Waals surface area contributed by atoms with Gasteiger partial charge in [-0.2, -0.15) is 0 Å². The Morgan fingerprint density at radius 3 is 2.76 bits per heavy atom. The SMILES string of the molecule is Cc1nc(CNCCCCN(C)C(C)C)cs1. The molecule has 0 spiro atoms. The lowest BCUT2D eigenvalue weighted by molar-refractivity contribution is 0.268. The van der Waals surface area contributed by atoms with Gasteiger partial charge in [0.15, 0.2) is 0 Å². The molecule has 3 nitrogen and oxygen atoms in total. The number of hydrogen-bond acceptors (Lipinski definition) is 4. The average Bonchev–Trinajstić information content (AvgIpc) is 2.68. The fourth-order valence-corrected chi connectivity index (χ4v) is 2.19. The molecule has 0 unspecified atom stereocenters. The molecule has 1 N–H and O–H groups in total. The molecule has 0 aliphatic rings. The van der Waals surface area contributed by atoms with E-state index < -0.39 is 0 Å². The first-order valence-electron chi connectivity index (χ1n) is 6.41. The van der Waals surface area contributed by atoms with Gasteiger partial charge in [0, 0.05) is 18.0 Å². The van der Waals surface area contributed by atoms with Crippen molar-refractivity contribution < 1.29 is 0 Å². The highest BCUT2D eigenvalue weighted by Gasteiger charge is 2.02. The van der Waals surface area contributed by atoms with E-state index in [1.807, 2.05) is 0 Å². The molecule has 1 rings (SSSR count). The fraction of sp³-hybridized carbons (Fsp3) is 0.769. The zero-order valence-electron chi connectivity index (χ0n) is 11.5. The van der Waals surface area contributed by atoms with Gasteiger partial charge in [-0.05, 0) is 53.8 Å². The maximum Gasteiger partial charge on any atom is 0.0897 e. The van der Waals surface area contributed by atoms with Gasteiger partial charge in [0.2, 0.25) is 0 Å². The van der Waals surface area contributed by atoms with Crippen LogP contribution in [0.1, 0.15) is 37.4 Å². The number of hydrogen-bond donors (Lipinski definition) is 1. The van der Waals surface area contributed by atoms with Gasteiger partial charge >= 0.3 is 0 Å². The highest BCUT2D eigenvalue weighted by molar-refractivity contribution is 7.09. The molecule has 0 aliphatic heterocycles. The van der Waals surface area contributed by atoms with Gasteiger partial charge in [0.05, 0.1) is 10.7 Å². The van der Waals surface area contributed by atoms with Crippen molar-refractivity contribution >= 4 is 11.3 Å². The van der Waals surface area contributed by atoms with Gasteiger partial charge in [-0.3, -0.25) is 0 Å². The van der Waals surface area contributed by atoms with E-state index in [0.29, 0.717) is 6.04 Å². The Morgan fingerprint density at radius 1 is 1.41 bits per heavy atom. The summed E-state index contributed by atoms with van der Waals surface area (Å²) in [6.45, 7) is 9.71. The van der Waals surface area contributed by atoms with Gasteiger partial charge in [-0.15, -0.1) is 11.3 Å². The molecule has 0 saturated carbocycles. The number of nitrogens with zero attached hydrogens (tertiary/aromatic N) is 2. The molecule has 1 aromatic heterocycles. The normalized spacial score (nSPS) is 11.6. The quantitative estimate of drug-likeness (QED) is 0.724. The van der Waals surface area contributed by atoms with Crippen LogP contribution in [-0.2, 0) is 6.54 Å². The third-order valence-corrected chi connectivity index (χ3v) is 3.79. The van der Waals surface area contributed by atoms with Crippen LogP contribution in [0.25, 0.3) is 0 Å². The number of thiazole rings is 1. The van der Waals surface area contributed by atoms with Crippen LogP contribution in [0.4, 0.5) is 0 Å². The molecule has 98 valence electrons. The van der Waals surface area contributed by atoms with Gasteiger partial charge in [-0.25, -0.2) is 4.98 Å². The van der Waals surface area contributed by atoms with Gasteiger partial charge in [-0.1, -0.05) is 0 Å². The maximum atomic E-state index is 4.43. The lowest BCUT2D eigenvalue weighted by Gasteiger charge is -2.20. The van der Waals surface area contributed by atoms with Crippen LogP contribution in [0, 0.1) is 6.92 Å². The highest BCUT2D eigenvalue weighted by Crippen LogP contribution is 2.07. The van der Waals surface area contributed by atoms with Crippen molar-refractivity contribution in [2.45, 2.75) is 46.2 Å². The molecule has 0 radical (unpaired) electrons. The largest absolute Gasteiger partial charge is 0.311 e. The first-order valence-corrected chi connectivity index (χ1v) is 7.29. The standard InChI is InChI=1S/C13H25N3S/c1-11(2)16(4)8-6-5-7-14-9-13-10-17-12(3)15-13/h10-11,14H,5-9H2,1-4H3. The monoisotopic (exact) mass is 255 g/mol. The van der Waals surface area contributed by atoms with E-state index in [9.17, 15) is 0 Å². The minimum Gasteiger partial charge on any atom is -0.311 e. The van der Waals surface area contributed by atoms with Gasteiger partial charge in [0.25, 0.3) is 0 Å². The predicted octanol–water partition coefficient (Wildman–Crippen LogP) is 2.66. The van der Waals surface area contributed by atoms with Gasteiger partial charge < -0.3 is 10.2 Å². The third kappa shape index (κ3) is 6.15. The van der Waals surface area contributed by atoms with Crippen molar-refractivity contribution in [3.05, 3.63) is 16.1 Å². The Morgan fingerprint density at radius 2 is 2.18 bits per heavy atom. The Balaban J connectivity index is 1.98. The number of nitrogens with one attached hydrogen (secondary N) is 1. The van der Waals surface area contributed by atoms with Crippen molar-refractivity contribution in [1.29, 1.82) is 0 Å². The van der Waals surface area contributed by atoms with Crippen LogP contribution >= 0.6 is 11.3 Å². The molecular formula is C13H25N3S. The molecule has 0 saturated heterocycles. The fourth-order valence-electron chi connectivity index (χ4n) is 1.58. The predicted molar refractivity (Wildman–Crippen MR) is 75.6 cm³/mol. The van der Waals surface area contributed by atoms with Crippen molar-refractivity contribution in [2.24, 2.45) is 0 Å². The van der Waals surface area contributed by atoms with Crippen molar-refractivity contribution in [3.8, 4) is 0 Å². The number of aryl methyl sites for hydroxylation is 1. The van der Waals surface area contributed by atoms with Crippen LogP contribution in [0.3, 0.4) is 0 Å². The summed E-state index contributed by atoms with van der Waals surface area (Å²) >= 11 is 1.72. The molecule has 0 bridgehead atoms. The van der Waals surface area contributed by atoms with Crippen LogP contribution in [0.5, 0.6) is 0 Å². The number of aromatic nitrogens is 1. The maximum absolute atomic E-state index is 4.43. The van der Waals surface area contributed by atoms with Crippen molar-refractivity contribution in [2.75, 3.05) is 20.1 Å². The smallest absolute Gasteiger partial charge is 0.0897 e. The minimum absolute atomic E-state index is 0.654. The average molecular weight is 255 g/mol. The minimum atomic E-state index is 0.654. The summed E-state index contributed by atoms with van der Waals surface area (Å²) in [5, 5.41) is 6.73. The summed E-state index contributed by atoms with van der Waals surface area (Å²) in [7, 11) is 2.19. The summed E-state index contributed by atoms with van der Waals surface area (Å²) in [4.78, 5) is 6.82. The van der Waals surface area contributed by atoms with E-state index >= 15 is 0 Å². The summed E-state index contributed by atoms with van der Waals surface area (Å²) < 4.78 is 0. The highest BCUT2D eigenvalue weighted by atomic mass is 32.1. The van der Waals surface area contributed by atoms with E-state index in [1.54, 1.807) is 11.3 Å². The molecule has 1 aromatic rings. The molecule has 0 aliphatic carbocycles. The summed E-state index contributed by atoms with van der Waals surface area (Å²) in [5.41, 5.74) is 1.17. The van der Waals surface area contributed by atoms with Crippen LogP contribution in [0.2, 0.25) is 0 Å². The van der Waals surface area contributed by atoms with E-state index in [2.05, 4.69) is 48.4 Å². The Labute approximate surface area is 109 Å². The molecule has 1 heterocycles. The summed E-state index contributed by atoms with van der Waals surface area (Å²) in [6.07, 6.45) is 2.50. The second-order valence-corrected chi connectivity index (χ2v) is 5.88.